The Morgan fingerprint density at radius 1 is 1.14 bits per heavy atom. The topological polar surface area (TPSA) is 141 Å². The molecule has 3 amide bonds. The summed E-state index contributed by atoms with van der Waals surface area (Å²) >= 11 is 6.87. The largest absolute Gasteiger partial charge is 0.495 e. The summed E-state index contributed by atoms with van der Waals surface area (Å²) in [6, 6.07) is 12.5. The minimum absolute atomic E-state index is 0.0110. The number of nitrogen functional groups attached to an aromatic ring is 1. The summed E-state index contributed by atoms with van der Waals surface area (Å²) in [7, 11) is 1.48. The molecule has 0 radical (unpaired) electrons. The van der Waals surface area contributed by atoms with E-state index in [1.165, 1.54) is 12.0 Å². The lowest BCUT2D eigenvalue weighted by atomic mass is 10.0. The number of primary amides is 1. The molecule has 36 heavy (non-hydrogen) atoms. The molecule has 4 rings (SSSR count). The molecule has 0 saturated heterocycles. The number of anilines is 2. The van der Waals surface area contributed by atoms with Gasteiger partial charge in [0.25, 0.3) is 11.8 Å². The Morgan fingerprint density at radius 2 is 1.81 bits per heavy atom. The van der Waals surface area contributed by atoms with E-state index in [1.807, 2.05) is 0 Å². The molecule has 188 valence electrons. The third-order valence-electron chi connectivity index (χ3n) is 6.11. The highest BCUT2D eigenvalue weighted by atomic mass is 35.5. The molecular formula is C25H26ClN5O4S. The molecule has 0 unspecified atom stereocenters. The molecule has 3 aromatic rings. The molecule has 0 spiro atoms. The van der Waals surface area contributed by atoms with E-state index < -0.39 is 17.9 Å². The van der Waals surface area contributed by atoms with Crippen LogP contribution in [-0.4, -0.2) is 35.2 Å². The van der Waals surface area contributed by atoms with Crippen molar-refractivity contribution < 1.29 is 19.1 Å². The molecule has 0 bridgehead atoms. The fraction of sp³-hybridized carbons (Fsp3) is 0.280. The van der Waals surface area contributed by atoms with Crippen LogP contribution in [0.3, 0.4) is 0 Å². The van der Waals surface area contributed by atoms with E-state index >= 15 is 0 Å². The van der Waals surface area contributed by atoms with E-state index in [4.69, 9.17) is 27.8 Å². The number of rotatable bonds is 8. The number of carbonyl (C=O) groups excluding carboxylic acids is 3. The van der Waals surface area contributed by atoms with E-state index in [2.05, 4.69) is 9.69 Å². The molecule has 0 aliphatic heterocycles. The highest BCUT2D eigenvalue weighted by molar-refractivity contribution is 7.09. The van der Waals surface area contributed by atoms with Gasteiger partial charge in [-0.05, 0) is 54.2 Å². The van der Waals surface area contributed by atoms with Gasteiger partial charge in [-0.25, -0.2) is 0 Å². The Hall–Kier alpha value is -3.63. The standard InChI is InChI=1S/C25H26ClN5O4S/c1-35-18-9-5-4-8-17(18)31(25(34)22-19(27)20(23(28)32)30-36-22)21(14-10-12-15(26)13-11-14)24(33)29-16-6-2-3-7-16/h4-5,8-13,16,21H,2-3,6-7,27H2,1H3,(H2,28,32)(H,29,33)/t21-/m1/s1. The molecule has 1 heterocycles. The number of ether oxygens (including phenoxy) is 1. The summed E-state index contributed by atoms with van der Waals surface area (Å²) < 4.78 is 9.51. The highest BCUT2D eigenvalue weighted by Gasteiger charge is 2.38. The van der Waals surface area contributed by atoms with E-state index in [1.54, 1.807) is 48.5 Å². The van der Waals surface area contributed by atoms with Gasteiger partial charge in [-0.2, -0.15) is 4.37 Å². The summed E-state index contributed by atoms with van der Waals surface area (Å²) in [5, 5.41) is 3.59. The first-order chi connectivity index (χ1) is 17.3. The quantitative estimate of drug-likeness (QED) is 0.405. The Kier molecular flexibility index (Phi) is 7.76. The maximum atomic E-state index is 14.1. The molecule has 1 aliphatic carbocycles. The minimum atomic E-state index is -1.09. The van der Waals surface area contributed by atoms with Crippen LogP contribution in [0.5, 0.6) is 5.75 Å². The number of halogens is 1. The zero-order valence-corrected chi connectivity index (χ0v) is 21.1. The van der Waals surface area contributed by atoms with Gasteiger partial charge in [0, 0.05) is 11.1 Å². The zero-order chi connectivity index (χ0) is 25.8. The van der Waals surface area contributed by atoms with Crippen molar-refractivity contribution in [3.63, 3.8) is 0 Å². The highest BCUT2D eigenvalue weighted by Crippen LogP contribution is 2.38. The Balaban J connectivity index is 1.88. The molecule has 2 aromatic carbocycles. The lowest BCUT2D eigenvalue weighted by Gasteiger charge is -2.33. The fourth-order valence-corrected chi connectivity index (χ4v) is 5.21. The van der Waals surface area contributed by atoms with E-state index in [9.17, 15) is 14.4 Å². The maximum Gasteiger partial charge on any atom is 0.273 e. The van der Waals surface area contributed by atoms with Crippen LogP contribution in [0.25, 0.3) is 0 Å². The van der Waals surface area contributed by atoms with Crippen LogP contribution in [-0.2, 0) is 4.79 Å². The van der Waals surface area contributed by atoms with Gasteiger partial charge in [0.2, 0.25) is 5.91 Å². The molecule has 5 N–H and O–H groups in total. The second-order valence-corrected chi connectivity index (χ2v) is 9.64. The number of carbonyl (C=O) groups is 3. The Labute approximate surface area is 217 Å². The van der Waals surface area contributed by atoms with Crippen molar-refractivity contribution in [1.82, 2.24) is 9.69 Å². The number of amides is 3. The zero-order valence-electron chi connectivity index (χ0n) is 19.6. The molecular weight excluding hydrogens is 502 g/mol. The first kappa shape index (κ1) is 25.5. The predicted molar refractivity (Wildman–Crippen MR) is 139 cm³/mol. The average Bonchev–Trinajstić information content (AvgIpc) is 3.52. The van der Waals surface area contributed by atoms with Crippen molar-refractivity contribution >= 4 is 52.2 Å². The first-order valence-electron chi connectivity index (χ1n) is 11.4. The third kappa shape index (κ3) is 5.14. The fourth-order valence-electron chi connectivity index (χ4n) is 4.35. The van der Waals surface area contributed by atoms with Crippen molar-refractivity contribution in [2.75, 3.05) is 17.7 Å². The molecule has 1 aliphatic rings. The average molecular weight is 528 g/mol. The van der Waals surface area contributed by atoms with Gasteiger partial charge in [0.15, 0.2) is 5.69 Å². The first-order valence-corrected chi connectivity index (χ1v) is 12.5. The Morgan fingerprint density at radius 3 is 2.42 bits per heavy atom. The smallest absolute Gasteiger partial charge is 0.273 e. The Bertz CT molecular complexity index is 1270. The predicted octanol–water partition coefficient (Wildman–Crippen LogP) is 3.93. The number of para-hydroxylation sites is 2. The van der Waals surface area contributed by atoms with Crippen molar-refractivity contribution in [3.05, 3.63) is 69.7 Å². The van der Waals surface area contributed by atoms with Crippen LogP contribution in [0.15, 0.2) is 48.5 Å². The number of benzene rings is 2. The van der Waals surface area contributed by atoms with Crippen LogP contribution in [0, 0.1) is 0 Å². The van der Waals surface area contributed by atoms with Gasteiger partial charge in [-0.3, -0.25) is 19.3 Å². The summed E-state index contributed by atoms with van der Waals surface area (Å²) in [5.74, 6) is -1.46. The molecule has 1 fully saturated rings. The minimum Gasteiger partial charge on any atom is -0.495 e. The van der Waals surface area contributed by atoms with E-state index in [0.29, 0.717) is 22.0 Å². The normalized spacial score (nSPS) is 14.3. The number of nitrogens with one attached hydrogen (secondary N) is 1. The summed E-state index contributed by atoms with van der Waals surface area (Å²) in [5.41, 5.74) is 12.0. The second kappa shape index (κ2) is 11.0. The van der Waals surface area contributed by atoms with Crippen molar-refractivity contribution in [2.45, 2.75) is 37.8 Å². The number of nitrogens with two attached hydrogens (primary N) is 2. The summed E-state index contributed by atoms with van der Waals surface area (Å²) in [6.45, 7) is 0. The maximum absolute atomic E-state index is 14.1. The number of nitrogens with zero attached hydrogens (tertiary/aromatic N) is 2. The lowest BCUT2D eigenvalue weighted by Crippen LogP contribution is -2.46. The molecule has 1 saturated carbocycles. The number of hydrogen-bond acceptors (Lipinski definition) is 7. The SMILES string of the molecule is COc1ccccc1N(C(=O)c1snc(C(N)=O)c1N)[C@@H](C(=O)NC1CCCC1)c1ccc(Cl)cc1. The van der Waals surface area contributed by atoms with Gasteiger partial charge >= 0.3 is 0 Å². The second-order valence-electron chi connectivity index (χ2n) is 8.43. The van der Waals surface area contributed by atoms with Crippen LogP contribution in [0.4, 0.5) is 11.4 Å². The molecule has 1 atom stereocenters. The van der Waals surface area contributed by atoms with Crippen molar-refractivity contribution in [2.24, 2.45) is 5.73 Å². The monoisotopic (exact) mass is 527 g/mol. The lowest BCUT2D eigenvalue weighted by molar-refractivity contribution is -0.123. The van der Waals surface area contributed by atoms with Crippen LogP contribution < -0.4 is 26.4 Å². The summed E-state index contributed by atoms with van der Waals surface area (Å²) in [4.78, 5) is 41.0. The van der Waals surface area contributed by atoms with Gasteiger partial charge in [-0.1, -0.05) is 48.7 Å². The third-order valence-corrected chi connectivity index (χ3v) is 7.22. The molecule has 11 heteroatoms. The number of hydrogen-bond donors (Lipinski definition) is 3. The number of aromatic nitrogens is 1. The van der Waals surface area contributed by atoms with Crippen LogP contribution in [0.1, 0.15) is 57.4 Å². The molecule has 1 aromatic heterocycles. The van der Waals surface area contributed by atoms with Gasteiger partial charge in [0.1, 0.15) is 16.7 Å². The van der Waals surface area contributed by atoms with Crippen molar-refractivity contribution in [3.8, 4) is 5.75 Å². The van der Waals surface area contributed by atoms with Crippen molar-refractivity contribution in [1.29, 1.82) is 0 Å². The van der Waals surface area contributed by atoms with Crippen LogP contribution >= 0.6 is 23.1 Å². The van der Waals surface area contributed by atoms with Crippen LogP contribution in [0.2, 0.25) is 5.02 Å². The van der Waals surface area contributed by atoms with Gasteiger partial charge in [-0.15, -0.1) is 0 Å². The van der Waals surface area contributed by atoms with Gasteiger partial charge < -0.3 is 21.5 Å². The van der Waals surface area contributed by atoms with E-state index in [-0.39, 0.29) is 28.2 Å². The van der Waals surface area contributed by atoms with E-state index in [0.717, 1.165) is 37.2 Å². The number of methoxy groups -OCH3 is 1. The molecule has 9 nitrogen and oxygen atoms in total. The summed E-state index contributed by atoms with van der Waals surface area (Å²) in [6.07, 6.45) is 3.79. The van der Waals surface area contributed by atoms with Gasteiger partial charge in [0.05, 0.1) is 18.5 Å².